The van der Waals surface area contributed by atoms with Gasteiger partial charge in [0.25, 0.3) is 0 Å². The van der Waals surface area contributed by atoms with Crippen molar-refractivity contribution >= 4 is 34.7 Å². The highest BCUT2D eigenvalue weighted by molar-refractivity contribution is 6.31. The third kappa shape index (κ3) is 3.93. The predicted molar refractivity (Wildman–Crippen MR) is 108 cm³/mol. The van der Waals surface area contributed by atoms with E-state index in [0.717, 1.165) is 22.2 Å². The van der Waals surface area contributed by atoms with Crippen molar-refractivity contribution in [3.63, 3.8) is 0 Å². The lowest BCUT2D eigenvalue weighted by atomic mass is 10.1. The van der Waals surface area contributed by atoms with E-state index < -0.39 is 0 Å². The first-order chi connectivity index (χ1) is 13.2. The zero-order valence-electron chi connectivity index (χ0n) is 14.1. The quantitative estimate of drug-likeness (QED) is 0.376. The first-order valence-corrected chi connectivity index (χ1v) is 8.64. The molecule has 4 rings (SSSR count). The van der Waals surface area contributed by atoms with Crippen molar-refractivity contribution in [2.45, 2.75) is 0 Å². The van der Waals surface area contributed by atoms with Crippen LogP contribution >= 0.6 is 11.6 Å². The van der Waals surface area contributed by atoms with Gasteiger partial charge in [-0.15, -0.1) is 0 Å². The van der Waals surface area contributed by atoms with Crippen LogP contribution in [-0.4, -0.2) is 16.2 Å². The lowest BCUT2D eigenvalue weighted by molar-refractivity contribution is 0.627. The molecule has 0 fully saturated rings. The summed E-state index contributed by atoms with van der Waals surface area (Å²) in [6.07, 6.45) is 1.51. The Morgan fingerprint density at radius 3 is 2.59 bits per heavy atom. The molecular formula is C21H14ClFN4. The first kappa shape index (κ1) is 17.1. The van der Waals surface area contributed by atoms with Gasteiger partial charge in [0.05, 0.1) is 17.4 Å². The maximum Gasteiger partial charge on any atom is 0.244 e. The molecule has 1 N–H and O–H groups in total. The molecule has 3 aromatic carbocycles. The molecule has 1 aromatic heterocycles. The normalized spacial score (nSPS) is 11.2. The lowest BCUT2D eigenvalue weighted by Crippen LogP contribution is -2.00. The minimum absolute atomic E-state index is 0.316. The maximum atomic E-state index is 13.2. The molecule has 0 bridgehead atoms. The van der Waals surface area contributed by atoms with Crippen LogP contribution in [0.15, 0.2) is 77.9 Å². The van der Waals surface area contributed by atoms with Crippen molar-refractivity contribution in [1.82, 2.24) is 9.97 Å². The van der Waals surface area contributed by atoms with Gasteiger partial charge in [-0.2, -0.15) is 5.10 Å². The van der Waals surface area contributed by atoms with Crippen molar-refractivity contribution in [3.05, 3.63) is 89.2 Å². The van der Waals surface area contributed by atoms with Gasteiger partial charge in [0, 0.05) is 16.0 Å². The first-order valence-electron chi connectivity index (χ1n) is 8.26. The van der Waals surface area contributed by atoms with E-state index in [2.05, 4.69) is 20.5 Å². The summed E-state index contributed by atoms with van der Waals surface area (Å²) in [5, 5.41) is 5.59. The van der Waals surface area contributed by atoms with Crippen LogP contribution in [0.1, 0.15) is 5.56 Å². The number of fused-ring (bicyclic) bond motifs is 1. The summed E-state index contributed by atoms with van der Waals surface area (Å²) in [6.45, 7) is 0. The second kappa shape index (κ2) is 7.51. The van der Waals surface area contributed by atoms with Crippen LogP contribution in [0.4, 0.5) is 10.3 Å². The van der Waals surface area contributed by atoms with Crippen molar-refractivity contribution in [2.24, 2.45) is 5.10 Å². The Bertz CT molecular complexity index is 1130. The number of hydrazone groups is 1. The Kier molecular flexibility index (Phi) is 4.77. The molecule has 0 saturated carbocycles. The van der Waals surface area contributed by atoms with Crippen LogP contribution < -0.4 is 5.43 Å². The predicted octanol–water partition coefficient (Wildman–Crippen LogP) is 5.54. The molecule has 132 valence electrons. The molecule has 4 nitrogen and oxygen atoms in total. The molecule has 6 heteroatoms. The molecular weight excluding hydrogens is 363 g/mol. The van der Waals surface area contributed by atoms with E-state index in [1.165, 1.54) is 18.3 Å². The minimum atomic E-state index is -0.316. The smallest absolute Gasteiger partial charge is 0.244 e. The van der Waals surface area contributed by atoms with E-state index >= 15 is 0 Å². The highest BCUT2D eigenvalue weighted by Gasteiger charge is 2.10. The lowest BCUT2D eigenvalue weighted by Gasteiger charge is -2.09. The summed E-state index contributed by atoms with van der Waals surface area (Å²) in [5.74, 6) is 0.0282. The van der Waals surface area contributed by atoms with Crippen LogP contribution in [0.3, 0.4) is 0 Å². The van der Waals surface area contributed by atoms with Crippen molar-refractivity contribution in [2.75, 3.05) is 5.43 Å². The fraction of sp³-hybridized carbons (Fsp3) is 0. The molecule has 0 unspecified atom stereocenters. The molecule has 0 spiro atoms. The van der Waals surface area contributed by atoms with E-state index in [9.17, 15) is 4.39 Å². The molecule has 27 heavy (non-hydrogen) atoms. The van der Waals surface area contributed by atoms with E-state index in [1.54, 1.807) is 18.2 Å². The van der Waals surface area contributed by atoms with Crippen molar-refractivity contribution < 1.29 is 4.39 Å². The van der Waals surface area contributed by atoms with Crippen LogP contribution in [-0.2, 0) is 0 Å². The topological polar surface area (TPSA) is 50.2 Å². The number of aromatic nitrogens is 2. The van der Waals surface area contributed by atoms with Gasteiger partial charge in [0.1, 0.15) is 5.82 Å². The largest absolute Gasteiger partial charge is 0.245 e. The van der Waals surface area contributed by atoms with E-state index in [0.29, 0.717) is 16.5 Å². The highest BCUT2D eigenvalue weighted by Crippen LogP contribution is 2.29. The number of hydrogen-bond acceptors (Lipinski definition) is 4. The van der Waals surface area contributed by atoms with Gasteiger partial charge in [-0.3, -0.25) is 0 Å². The number of nitrogens with zero attached hydrogens (tertiary/aromatic N) is 3. The molecule has 0 aliphatic heterocycles. The average Bonchev–Trinajstić information content (AvgIpc) is 2.68. The Hall–Kier alpha value is -3.31. The van der Waals surface area contributed by atoms with Crippen LogP contribution in [0.5, 0.6) is 0 Å². The summed E-state index contributed by atoms with van der Waals surface area (Å²) in [6, 6.07) is 21.4. The summed E-state index contributed by atoms with van der Waals surface area (Å²) in [5.41, 5.74) is 5.91. The molecule has 0 radical (unpaired) electrons. The highest BCUT2D eigenvalue weighted by atomic mass is 35.5. The Balaban J connectivity index is 1.72. The van der Waals surface area contributed by atoms with E-state index in [-0.39, 0.29) is 5.82 Å². The molecule has 0 aliphatic rings. The van der Waals surface area contributed by atoms with Crippen molar-refractivity contribution in [1.29, 1.82) is 0 Å². The molecule has 1 heterocycles. The van der Waals surface area contributed by atoms with Crippen LogP contribution in [0, 0.1) is 5.82 Å². The van der Waals surface area contributed by atoms with Gasteiger partial charge >= 0.3 is 0 Å². The summed E-state index contributed by atoms with van der Waals surface area (Å²) in [7, 11) is 0. The van der Waals surface area contributed by atoms with Gasteiger partial charge < -0.3 is 0 Å². The average molecular weight is 377 g/mol. The van der Waals surface area contributed by atoms with E-state index in [4.69, 9.17) is 11.6 Å². The number of nitrogens with one attached hydrogen (secondary N) is 1. The van der Waals surface area contributed by atoms with Gasteiger partial charge in [-0.25, -0.2) is 19.8 Å². The van der Waals surface area contributed by atoms with Gasteiger partial charge in [0.15, 0.2) is 0 Å². The Labute approximate surface area is 160 Å². The van der Waals surface area contributed by atoms with E-state index in [1.807, 2.05) is 42.5 Å². The maximum absolute atomic E-state index is 13.2. The SMILES string of the molecule is Fc1cccc(/C=N\Nc2nc(-c3ccccc3)c3cc(Cl)ccc3n2)c1. The number of hydrogen-bond donors (Lipinski definition) is 1. The molecule has 4 aromatic rings. The summed E-state index contributed by atoms with van der Waals surface area (Å²) >= 11 is 6.16. The number of rotatable bonds is 4. The second-order valence-electron chi connectivity index (χ2n) is 5.85. The number of halogens is 2. The zero-order chi connectivity index (χ0) is 18.6. The molecule has 0 amide bonds. The minimum Gasteiger partial charge on any atom is -0.245 e. The fourth-order valence-corrected chi connectivity index (χ4v) is 2.89. The molecule has 0 saturated heterocycles. The third-order valence-electron chi connectivity index (χ3n) is 3.93. The standard InChI is InChI=1S/C21H14ClFN4/c22-16-9-10-19-18(12-16)20(15-6-2-1-3-7-15)26-21(25-19)27-24-13-14-5-4-8-17(23)11-14/h1-13H,(H,25,26,27)/b24-13-. The Morgan fingerprint density at radius 1 is 0.926 bits per heavy atom. The zero-order valence-corrected chi connectivity index (χ0v) is 14.9. The van der Waals surface area contributed by atoms with Gasteiger partial charge in [-0.1, -0.05) is 54.1 Å². The third-order valence-corrected chi connectivity index (χ3v) is 4.17. The Morgan fingerprint density at radius 2 is 1.78 bits per heavy atom. The number of benzene rings is 3. The number of anilines is 1. The van der Waals surface area contributed by atoms with Crippen LogP contribution in [0.25, 0.3) is 22.2 Å². The van der Waals surface area contributed by atoms with Crippen LogP contribution in [0.2, 0.25) is 5.02 Å². The molecule has 0 atom stereocenters. The monoisotopic (exact) mass is 376 g/mol. The summed E-state index contributed by atoms with van der Waals surface area (Å²) in [4.78, 5) is 9.07. The van der Waals surface area contributed by atoms with Gasteiger partial charge in [-0.05, 0) is 35.9 Å². The summed E-state index contributed by atoms with van der Waals surface area (Å²) < 4.78 is 13.2. The second-order valence-corrected chi connectivity index (χ2v) is 6.28. The van der Waals surface area contributed by atoms with Crippen molar-refractivity contribution in [3.8, 4) is 11.3 Å². The van der Waals surface area contributed by atoms with Gasteiger partial charge in [0.2, 0.25) is 5.95 Å². The fourth-order valence-electron chi connectivity index (χ4n) is 2.72. The molecule has 0 aliphatic carbocycles.